The summed E-state index contributed by atoms with van der Waals surface area (Å²) < 4.78 is 5.35. The fourth-order valence-electron chi connectivity index (χ4n) is 3.05. The molecule has 26 heavy (non-hydrogen) atoms. The number of nitrogens with zero attached hydrogens (tertiary/aromatic N) is 5. The van der Waals surface area contributed by atoms with Crippen LogP contribution in [0.2, 0.25) is 0 Å². The van der Waals surface area contributed by atoms with Crippen LogP contribution in [0.15, 0.2) is 53.4 Å². The first-order chi connectivity index (χ1) is 12.8. The number of likely N-dealkylation sites (tertiary alicyclic amines) is 1. The molecule has 1 aliphatic heterocycles. The highest BCUT2D eigenvalue weighted by molar-refractivity contribution is 5.97. The van der Waals surface area contributed by atoms with Crippen LogP contribution in [0.5, 0.6) is 0 Å². The molecule has 1 aliphatic rings. The lowest BCUT2D eigenvalue weighted by Crippen LogP contribution is -2.48. The molecule has 5 rings (SSSR count). The molecule has 1 fully saturated rings. The molecular weight excluding hydrogens is 332 g/mol. The van der Waals surface area contributed by atoms with Gasteiger partial charge in [0.15, 0.2) is 0 Å². The van der Waals surface area contributed by atoms with E-state index < -0.39 is 0 Å². The second-order valence-corrected chi connectivity index (χ2v) is 6.21. The Balaban J connectivity index is 1.28. The van der Waals surface area contributed by atoms with Crippen LogP contribution < -0.4 is 0 Å². The average Bonchev–Trinajstić information content (AvgIpc) is 3.30. The van der Waals surface area contributed by atoms with Crippen molar-refractivity contribution >= 4 is 16.9 Å². The number of pyridine rings is 1. The van der Waals surface area contributed by atoms with E-state index in [2.05, 4.69) is 25.1 Å². The number of nitrogens with one attached hydrogen (secondary N) is 1. The second-order valence-electron chi connectivity index (χ2n) is 6.21. The first-order valence-electron chi connectivity index (χ1n) is 8.25. The van der Waals surface area contributed by atoms with Crippen molar-refractivity contribution in [1.29, 1.82) is 0 Å². The van der Waals surface area contributed by atoms with E-state index in [0.29, 0.717) is 36.1 Å². The molecule has 0 bridgehead atoms. The van der Waals surface area contributed by atoms with Gasteiger partial charge in [-0.3, -0.25) is 9.78 Å². The Labute approximate surface area is 147 Å². The molecule has 4 heterocycles. The van der Waals surface area contributed by atoms with Gasteiger partial charge in [0.1, 0.15) is 5.69 Å². The molecule has 0 radical (unpaired) electrons. The fourth-order valence-corrected chi connectivity index (χ4v) is 3.05. The summed E-state index contributed by atoms with van der Waals surface area (Å²) >= 11 is 0. The van der Waals surface area contributed by atoms with E-state index in [1.165, 1.54) is 0 Å². The van der Waals surface area contributed by atoms with Crippen LogP contribution in [0.3, 0.4) is 0 Å². The number of H-pyrrole nitrogens is 1. The molecule has 1 amide bonds. The maximum absolute atomic E-state index is 12.6. The molecule has 8 heteroatoms. The number of carbonyl (C=O) groups is 1. The van der Waals surface area contributed by atoms with Crippen LogP contribution >= 0.6 is 0 Å². The second kappa shape index (κ2) is 5.76. The minimum Gasteiger partial charge on any atom is -0.345 e. The van der Waals surface area contributed by atoms with Gasteiger partial charge >= 0.3 is 0 Å². The highest BCUT2D eigenvalue weighted by Crippen LogP contribution is 2.28. The minimum absolute atomic E-state index is 0.0118. The van der Waals surface area contributed by atoms with Crippen LogP contribution in [0.1, 0.15) is 22.2 Å². The predicted molar refractivity (Wildman–Crippen MR) is 92.3 cm³/mol. The van der Waals surface area contributed by atoms with E-state index in [0.717, 1.165) is 11.0 Å². The average molecular weight is 346 g/mol. The summed E-state index contributed by atoms with van der Waals surface area (Å²) in [5.74, 6) is 1.05. The van der Waals surface area contributed by atoms with Crippen LogP contribution in [0.4, 0.5) is 0 Å². The van der Waals surface area contributed by atoms with Gasteiger partial charge in [-0.2, -0.15) is 4.98 Å². The molecule has 8 nitrogen and oxygen atoms in total. The van der Waals surface area contributed by atoms with E-state index >= 15 is 0 Å². The van der Waals surface area contributed by atoms with Crippen molar-refractivity contribution in [3.8, 4) is 11.5 Å². The van der Waals surface area contributed by atoms with E-state index in [9.17, 15) is 4.79 Å². The SMILES string of the molecule is O=C(c1ccc2nc[nH]c2c1)N1CC(c2nc(-c3ccccn3)no2)C1. The Hall–Kier alpha value is -3.55. The van der Waals surface area contributed by atoms with Gasteiger partial charge in [-0.25, -0.2) is 4.98 Å². The van der Waals surface area contributed by atoms with E-state index in [1.807, 2.05) is 30.3 Å². The summed E-state index contributed by atoms with van der Waals surface area (Å²) in [5, 5.41) is 3.98. The zero-order valence-electron chi connectivity index (χ0n) is 13.7. The Morgan fingerprint density at radius 3 is 2.96 bits per heavy atom. The quantitative estimate of drug-likeness (QED) is 0.610. The number of rotatable bonds is 3. The first-order valence-corrected chi connectivity index (χ1v) is 8.25. The van der Waals surface area contributed by atoms with Crippen LogP contribution in [-0.2, 0) is 0 Å². The van der Waals surface area contributed by atoms with Gasteiger partial charge in [-0.05, 0) is 30.3 Å². The number of amides is 1. The zero-order chi connectivity index (χ0) is 17.5. The number of fused-ring (bicyclic) bond motifs is 1. The normalized spacial score (nSPS) is 14.5. The molecule has 3 aromatic heterocycles. The third kappa shape index (κ3) is 2.43. The van der Waals surface area contributed by atoms with Crippen LogP contribution in [-0.4, -0.2) is 49.0 Å². The molecule has 1 saturated heterocycles. The number of aromatic nitrogens is 5. The van der Waals surface area contributed by atoms with Gasteiger partial charge in [0.25, 0.3) is 5.91 Å². The van der Waals surface area contributed by atoms with Gasteiger partial charge in [0.2, 0.25) is 11.7 Å². The third-order valence-corrected chi connectivity index (χ3v) is 4.52. The fraction of sp³-hybridized carbons (Fsp3) is 0.167. The Morgan fingerprint density at radius 2 is 2.12 bits per heavy atom. The zero-order valence-corrected chi connectivity index (χ0v) is 13.7. The van der Waals surface area contributed by atoms with Gasteiger partial charge in [-0.1, -0.05) is 11.2 Å². The Morgan fingerprint density at radius 1 is 1.19 bits per heavy atom. The van der Waals surface area contributed by atoms with Crippen molar-refractivity contribution in [1.82, 2.24) is 30.0 Å². The first kappa shape index (κ1) is 14.8. The maximum atomic E-state index is 12.6. The van der Waals surface area contributed by atoms with Crippen molar-refractivity contribution in [2.75, 3.05) is 13.1 Å². The highest BCUT2D eigenvalue weighted by atomic mass is 16.5. The molecule has 0 spiro atoms. The molecule has 0 atom stereocenters. The standard InChI is InChI=1S/C18H14N6O2/c25-18(11-4-5-13-15(7-11)21-10-20-13)24-8-12(9-24)17-22-16(23-26-17)14-3-1-2-6-19-14/h1-7,10,12H,8-9H2,(H,20,21). The minimum atomic E-state index is -0.0118. The number of hydrogen-bond acceptors (Lipinski definition) is 6. The number of carbonyl (C=O) groups excluding carboxylic acids is 1. The van der Waals surface area contributed by atoms with Gasteiger partial charge < -0.3 is 14.4 Å². The molecule has 1 aromatic carbocycles. The topological polar surface area (TPSA) is 101 Å². The molecule has 0 aliphatic carbocycles. The van der Waals surface area contributed by atoms with E-state index in [1.54, 1.807) is 23.5 Å². The predicted octanol–water partition coefficient (Wildman–Crippen LogP) is 2.25. The summed E-state index contributed by atoms with van der Waals surface area (Å²) in [5.41, 5.74) is 3.00. The summed E-state index contributed by atoms with van der Waals surface area (Å²) in [6.07, 6.45) is 3.30. The number of hydrogen-bond donors (Lipinski definition) is 1. The van der Waals surface area contributed by atoms with Gasteiger partial charge in [0, 0.05) is 24.8 Å². The van der Waals surface area contributed by atoms with Crippen LogP contribution in [0, 0.1) is 0 Å². The van der Waals surface area contributed by atoms with Crippen molar-refractivity contribution in [3.63, 3.8) is 0 Å². The molecule has 1 N–H and O–H groups in total. The summed E-state index contributed by atoms with van der Waals surface area (Å²) in [6, 6.07) is 11.0. The number of benzene rings is 1. The summed E-state index contributed by atoms with van der Waals surface area (Å²) in [6.45, 7) is 1.12. The smallest absolute Gasteiger partial charge is 0.253 e. The van der Waals surface area contributed by atoms with Crippen molar-refractivity contribution < 1.29 is 9.32 Å². The largest absolute Gasteiger partial charge is 0.345 e. The third-order valence-electron chi connectivity index (χ3n) is 4.52. The number of aromatic amines is 1. The van der Waals surface area contributed by atoms with Crippen LogP contribution in [0.25, 0.3) is 22.6 Å². The van der Waals surface area contributed by atoms with E-state index in [4.69, 9.17) is 4.52 Å². The lowest BCUT2D eigenvalue weighted by atomic mass is 9.98. The summed E-state index contributed by atoms with van der Waals surface area (Å²) in [4.78, 5) is 30.2. The summed E-state index contributed by atoms with van der Waals surface area (Å²) in [7, 11) is 0. The maximum Gasteiger partial charge on any atom is 0.253 e. The molecular formula is C18H14N6O2. The number of imidazole rings is 1. The van der Waals surface area contributed by atoms with Crippen molar-refractivity contribution in [3.05, 3.63) is 60.4 Å². The monoisotopic (exact) mass is 346 g/mol. The lowest BCUT2D eigenvalue weighted by molar-refractivity contribution is 0.0569. The molecule has 0 unspecified atom stereocenters. The lowest BCUT2D eigenvalue weighted by Gasteiger charge is -2.37. The highest BCUT2D eigenvalue weighted by Gasteiger charge is 2.36. The van der Waals surface area contributed by atoms with Crippen molar-refractivity contribution in [2.24, 2.45) is 0 Å². The van der Waals surface area contributed by atoms with Gasteiger partial charge in [0.05, 0.1) is 23.3 Å². The Kier molecular flexibility index (Phi) is 3.27. The molecule has 4 aromatic rings. The van der Waals surface area contributed by atoms with Crippen molar-refractivity contribution in [2.45, 2.75) is 5.92 Å². The molecule has 0 saturated carbocycles. The van der Waals surface area contributed by atoms with E-state index in [-0.39, 0.29) is 11.8 Å². The molecule has 128 valence electrons. The Bertz CT molecular complexity index is 1080. The van der Waals surface area contributed by atoms with Gasteiger partial charge in [-0.15, -0.1) is 0 Å².